The molecule has 7 nitrogen and oxygen atoms in total. The topological polar surface area (TPSA) is 69.7 Å². The van der Waals surface area contributed by atoms with Crippen molar-refractivity contribution in [2.24, 2.45) is 0 Å². The van der Waals surface area contributed by atoms with Crippen LogP contribution in [0.2, 0.25) is 0 Å². The van der Waals surface area contributed by atoms with Crippen LogP contribution in [0.3, 0.4) is 0 Å². The van der Waals surface area contributed by atoms with Crippen molar-refractivity contribution in [1.82, 2.24) is 24.1 Å². The molecule has 0 aliphatic carbocycles. The molecule has 7 heteroatoms. The summed E-state index contributed by atoms with van der Waals surface area (Å²) in [7, 11) is 0. The summed E-state index contributed by atoms with van der Waals surface area (Å²) in [5, 5.41) is 12.9. The lowest BCUT2D eigenvalue weighted by atomic mass is 10.1. The summed E-state index contributed by atoms with van der Waals surface area (Å²) in [5.41, 5.74) is 8.34. The predicted octanol–water partition coefficient (Wildman–Crippen LogP) is 5.33. The van der Waals surface area contributed by atoms with Crippen molar-refractivity contribution >= 4 is 22.5 Å². The number of carbonyl (C=O) groups excluding carboxylic acids is 1. The summed E-state index contributed by atoms with van der Waals surface area (Å²) in [6, 6.07) is 16.4. The molecule has 0 bridgehead atoms. The van der Waals surface area contributed by atoms with Crippen molar-refractivity contribution in [3.8, 4) is 0 Å². The van der Waals surface area contributed by atoms with Crippen LogP contribution in [0.15, 0.2) is 67.1 Å². The first kappa shape index (κ1) is 22.7. The number of hydrogen-bond donors (Lipinski definition) is 1. The molecule has 0 fully saturated rings. The molecular formula is C28H30N6O. The van der Waals surface area contributed by atoms with Gasteiger partial charge in [-0.3, -0.25) is 14.2 Å². The van der Waals surface area contributed by atoms with Crippen molar-refractivity contribution in [1.29, 1.82) is 0 Å². The van der Waals surface area contributed by atoms with Crippen LogP contribution in [0.1, 0.15) is 45.4 Å². The molecule has 5 rings (SSSR count). The van der Waals surface area contributed by atoms with E-state index in [1.54, 1.807) is 6.20 Å². The summed E-state index contributed by atoms with van der Waals surface area (Å²) in [6.45, 7) is 10.6. The summed E-state index contributed by atoms with van der Waals surface area (Å²) >= 11 is 0. The zero-order valence-electron chi connectivity index (χ0n) is 20.6. The van der Waals surface area contributed by atoms with E-state index in [4.69, 9.17) is 0 Å². The Hall–Kier alpha value is -4.13. The van der Waals surface area contributed by atoms with Crippen LogP contribution in [0, 0.1) is 20.8 Å². The van der Waals surface area contributed by atoms with E-state index in [0.717, 1.165) is 35.2 Å². The Labute approximate surface area is 205 Å². The van der Waals surface area contributed by atoms with Crippen LogP contribution in [-0.4, -0.2) is 30.0 Å². The highest BCUT2D eigenvalue weighted by molar-refractivity contribution is 6.06. The lowest BCUT2D eigenvalue weighted by Crippen LogP contribution is -2.11. The minimum absolute atomic E-state index is 0.144. The molecule has 178 valence electrons. The summed E-state index contributed by atoms with van der Waals surface area (Å²) in [6.07, 6.45) is 5.41. The average molecular weight is 467 g/mol. The van der Waals surface area contributed by atoms with Crippen LogP contribution >= 0.6 is 0 Å². The van der Waals surface area contributed by atoms with E-state index in [-0.39, 0.29) is 5.91 Å². The third-order valence-corrected chi connectivity index (χ3v) is 6.81. The van der Waals surface area contributed by atoms with E-state index < -0.39 is 0 Å². The number of amides is 1. The Balaban J connectivity index is 1.34. The van der Waals surface area contributed by atoms with Gasteiger partial charge in [0.1, 0.15) is 0 Å². The fourth-order valence-corrected chi connectivity index (χ4v) is 4.61. The van der Waals surface area contributed by atoms with Gasteiger partial charge in [0.25, 0.3) is 5.91 Å². The van der Waals surface area contributed by atoms with Crippen LogP contribution in [0.25, 0.3) is 10.9 Å². The zero-order valence-corrected chi connectivity index (χ0v) is 20.6. The van der Waals surface area contributed by atoms with E-state index in [1.807, 2.05) is 46.0 Å². The molecule has 0 aliphatic rings. The Morgan fingerprint density at radius 1 is 0.943 bits per heavy atom. The minimum Gasteiger partial charge on any atom is -0.340 e. The van der Waals surface area contributed by atoms with Gasteiger partial charge in [-0.2, -0.15) is 10.2 Å². The predicted molar refractivity (Wildman–Crippen MR) is 139 cm³/mol. The van der Waals surface area contributed by atoms with Gasteiger partial charge in [0.15, 0.2) is 0 Å². The second kappa shape index (κ2) is 9.25. The SMILES string of the molecule is CCn1ncc(Cn2cc(NC(=O)c3ccc4c(c3)c(C)c(C)n4Cc3ccccc3)cn2)c1C. The van der Waals surface area contributed by atoms with E-state index in [0.29, 0.717) is 17.8 Å². The second-order valence-corrected chi connectivity index (χ2v) is 8.97. The van der Waals surface area contributed by atoms with Crippen molar-refractivity contribution < 1.29 is 4.79 Å². The van der Waals surface area contributed by atoms with Crippen molar-refractivity contribution in [3.63, 3.8) is 0 Å². The molecule has 3 heterocycles. The maximum Gasteiger partial charge on any atom is 0.255 e. The number of nitrogens with zero attached hydrogens (tertiary/aromatic N) is 5. The van der Waals surface area contributed by atoms with Crippen molar-refractivity contribution in [3.05, 3.63) is 101 Å². The molecule has 5 aromatic rings. The molecule has 35 heavy (non-hydrogen) atoms. The number of carbonyl (C=O) groups is 1. The van der Waals surface area contributed by atoms with Gasteiger partial charge in [-0.1, -0.05) is 30.3 Å². The summed E-state index contributed by atoms with van der Waals surface area (Å²) in [4.78, 5) is 13.0. The third kappa shape index (κ3) is 4.37. The number of aromatic nitrogens is 5. The number of anilines is 1. The Kier molecular flexibility index (Phi) is 5.99. The van der Waals surface area contributed by atoms with Crippen LogP contribution in [0.5, 0.6) is 0 Å². The van der Waals surface area contributed by atoms with E-state index in [2.05, 4.69) is 72.0 Å². The first-order valence-corrected chi connectivity index (χ1v) is 11.9. The number of benzene rings is 2. The molecule has 2 aromatic carbocycles. The molecular weight excluding hydrogens is 436 g/mol. The smallest absolute Gasteiger partial charge is 0.255 e. The molecule has 0 spiro atoms. The lowest BCUT2D eigenvalue weighted by molar-refractivity contribution is 0.102. The molecule has 0 saturated heterocycles. The fourth-order valence-electron chi connectivity index (χ4n) is 4.61. The van der Waals surface area contributed by atoms with E-state index in [9.17, 15) is 4.79 Å². The van der Waals surface area contributed by atoms with Crippen LogP contribution in [0.4, 0.5) is 5.69 Å². The number of fused-ring (bicyclic) bond motifs is 1. The average Bonchev–Trinajstić information content (AvgIpc) is 3.53. The van der Waals surface area contributed by atoms with Crippen LogP contribution < -0.4 is 5.32 Å². The van der Waals surface area contributed by atoms with E-state index in [1.165, 1.54) is 16.8 Å². The van der Waals surface area contributed by atoms with Gasteiger partial charge in [0, 0.05) is 52.7 Å². The first-order chi connectivity index (χ1) is 16.9. The molecule has 0 saturated carbocycles. The molecule has 1 N–H and O–H groups in total. The molecule has 0 unspecified atom stereocenters. The maximum absolute atomic E-state index is 13.0. The zero-order chi connectivity index (χ0) is 24.5. The highest BCUT2D eigenvalue weighted by atomic mass is 16.1. The summed E-state index contributed by atoms with van der Waals surface area (Å²) < 4.78 is 6.10. The highest BCUT2D eigenvalue weighted by Crippen LogP contribution is 2.27. The number of rotatable bonds is 7. The van der Waals surface area contributed by atoms with Gasteiger partial charge in [-0.05, 0) is 57.0 Å². The molecule has 1 amide bonds. The Morgan fingerprint density at radius 3 is 2.49 bits per heavy atom. The maximum atomic E-state index is 13.0. The third-order valence-electron chi connectivity index (χ3n) is 6.81. The number of aryl methyl sites for hydroxylation is 2. The molecule has 3 aromatic heterocycles. The Bertz CT molecular complexity index is 1510. The second-order valence-electron chi connectivity index (χ2n) is 8.97. The first-order valence-electron chi connectivity index (χ1n) is 11.9. The standard InChI is InChI=1S/C28H30N6O/c1-5-34-21(4)24(14-30-34)17-32-18-25(15-29-32)31-28(35)23-11-12-27-26(13-23)19(2)20(3)33(27)16-22-9-7-6-8-10-22/h6-15,18H,5,16-17H2,1-4H3,(H,31,35). The summed E-state index contributed by atoms with van der Waals surface area (Å²) in [5.74, 6) is -0.144. The Morgan fingerprint density at radius 2 is 1.74 bits per heavy atom. The molecule has 0 radical (unpaired) electrons. The van der Waals surface area contributed by atoms with Crippen molar-refractivity contribution in [2.45, 2.75) is 47.3 Å². The minimum atomic E-state index is -0.144. The van der Waals surface area contributed by atoms with Gasteiger partial charge < -0.3 is 9.88 Å². The number of nitrogens with one attached hydrogen (secondary N) is 1. The molecule has 0 aliphatic heterocycles. The normalized spacial score (nSPS) is 11.3. The van der Waals surface area contributed by atoms with Gasteiger partial charge in [-0.15, -0.1) is 0 Å². The fraction of sp³-hybridized carbons (Fsp3) is 0.250. The quantitative estimate of drug-likeness (QED) is 0.353. The van der Waals surface area contributed by atoms with Gasteiger partial charge in [0.2, 0.25) is 0 Å². The van der Waals surface area contributed by atoms with Gasteiger partial charge in [-0.25, -0.2) is 0 Å². The van der Waals surface area contributed by atoms with Crippen molar-refractivity contribution in [2.75, 3.05) is 5.32 Å². The van der Waals surface area contributed by atoms with Crippen LogP contribution in [-0.2, 0) is 19.6 Å². The molecule has 0 atom stereocenters. The monoisotopic (exact) mass is 466 g/mol. The lowest BCUT2D eigenvalue weighted by Gasteiger charge is -2.09. The van der Waals surface area contributed by atoms with Gasteiger partial charge >= 0.3 is 0 Å². The van der Waals surface area contributed by atoms with E-state index >= 15 is 0 Å². The largest absolute Gasteiger partial charge is 0.340 e. The highest BCUT2D eigenvalue weighted by Gasteiger charge is 2.15. The van der Waals surface area contributed by atoms with Gasteiger partial charge in [0.05, 0.1) is 24.6 Å². The number of hydrogen-bond acceptors (Lipinski definition) is 3.